The fourth-order valence-corrected chi connectivity index (χ4v) is 2.43. The highest BCUT2D eigenvalue weighted by atomic mass is 79.9. The third-order valence-electron chi connectivity index (χ3n) is 2.16. The first-order valence-corrected chi connectivity index (χ1v) is 6.35. The van der Waals surface area contributed by atoms with E-state index in [1.165, 1.54) is 17.4 Å². The van der Waals surface area contributed by atoms with Crippen LogP contribution in [0.4, 0.5) is 4.39 Å². The summed E-state index contributed by atoms with van der Waals surface area (Å²) in [6.07, 6.45) is 1.11. The van der Waals surface area contributed by atoms with Gasteiger partial charge in [0.25, 0.3) is 0 Å². The number of aliphatic hydroxyl groups excluding tert-OH is 1. The highest BCUT2D eigenvalue weighted by Gasteiger charge is 2.13. The van der Waals surface area contributed by atoms with E-state index in [9.17, 15) is 9.50 Å². The maximum absolute atomic E-state index is 13.4. The molecule has 2 rings (SSSR count). The van der Waals surface area contributed by atoms with E-state index in [0.717, 1.165) is 4.47 Å². The first-order valence-electron chi connectivity index (χ1n) is 4.68. The van der Waals surface area contributed by atoms with Gasteiger partial charge < -0.3 is 5.11 Å². The Hall–Kier alpha value is -0.780. The highest BCUT2D eigenvalue weighted by molar-refractivity contribution is 9.10. The number of hydrogen-bond donors (Lipinski definition) is 1. The minimum atomic E-state index is -0.746. The van der Waals surface area contributed by atoms with Crippen molar-refractivity contribution >= 4 is 27.3 Å². The zero-order valence-corrected chi connectivity index (χ0v) is 10.6. The Balaban J connectivity index is 2.17. The summed E-state index contributed by atoms with van der Waals surface area (Å²) in [5, 5.41) is 12.2. The van der Waals surface area contributed by atoms with E-state index in [1.54, 1.807) is 23.7 Å². The lowest BCUT2D eigenvalue weighted by atomic mass is 10.1. The Morgan fingerprint density at radius 3 is 3.00 bits per heavy atom. The van der Waals surface area contributed by atoms with Crippen LogP contribution in [0.15, 0.2) is 34.2 Å². The Morgan fingerprint density at radius 2 is 2.31 bits per heavy atom. The SMILES string of the molecule is OC(Cc1cc(Br)ccc1F)c1nccs1. The molecule has 1 aromatic carbocycles. The van der Waals surface area contributed by atoms with E-state index < -0.39 is 6.10 Å². The van der Waals surface area contributed by atoms with Gasteiger partial charge in [0.05, 0.1) is 0 Å². The van der Waals surface area contributed by atoms with Crippen molar-refractivity contribution in [2.24, 2.45) is 0 Å². The normalized spacial score (nSPS) is 12.7. The molecular formula is C11H9BrFNOS. The minimum Gasteiger partial charge on any atom is -0.386 e. The van der Waals surface area contributed by atoms with Crippen LogP contribution >= 0.6 is 27.3 Å². The lowest BCUT2D eigenvalue weighted by Gasteiger charge is -2.08. The van der Waals surface area contributed by atoms with E-state index in [2.05, 4.69) is 20.9 Å². The average Bonchev–Trinajstić information content (AvgIpc) is 2.76. The zero-order valence-electron chi connectivity index (χ0n) is 8.23. The number of aliphatic hydroxyl groups is 1. The molecule has 0 amide bonds. The number of thiazole rings is 1. The molecule has 1 heterocycles. The van der Waals surface area contributed by atoms with Crippen LogP contribution in [0, 0.1) is 5.82 Å². The smallest absolute Gasteiger partial charge is 0.126 e. The zero-order chi connectivity index (χ0) is 11.5. The number of halogens is 2. The van der Waals surface area contributed by atoms with E-state index in [0.29, 0.717) is 10.6 Å². The van der Waals surface area contributed by atoms with Crippen LogP contribution in [0.1, 0.15) is 16.7 Å². The molecule has 2 nitrogen and oxygen atoms in total. The van der Waals surface area contributed by atoms with E-state index in [-0.39, 0.29) is 12.2 Å². The van der Waals surface area contributed by atoms with Crippen LogP contribution in [0.25, 0.3) is 0 Å². The van der Waals surface area contributed by atoms with Crippen molar-refractivity contribution in [1.82, 2.24) is 4.98 Å². The lowest BCUT2D eigenvalue weighted by molar-refractivity contribution is 0.176. The number of hydrogen-bond acceptors (Lipinski definition) is 3. The maximum atomic E-state index is 13.4. The van der Waals surface area contributed by atoms with Crippen LogP contribution in [0.5, 0.6) is 0 Å². The summed E-state index contributed by atoms with van der Waals surface area (Å²) in [5.74, 6) is -0.307. The second-order valence-electron chi connectivity index (χ2n) is 3.33. The van der Waals surface area contributed by atoms with Crippen molar-refractivity contribution in [1.29, 1.82) is 0 Å². The second-order valence-corrected chi connectivity index (χ2v) is 5.17. The van der Waals surface area contributed by atoms with E-state index in [1.807, 2.05) is 0 Å². The van der Waals surface area contributed by atoms with E-state index in [4.69, 9.17) is 0 Å². The van der Waals surface area contributed by atoms with Crippen LogP contribution < -0.4 is 0 Å². The molecule has 0 radical (unpaired) electrons. The summed E-state index contributed by atoms with van der Waals surface area (Å²) < 4.78 is 14.2. The topological polar surface area (TPSA) is 33.1 Å². The summed E-state index contributed by atoms with van der Waals surface area (Å²) in [6.45, 7) is 0. The van der Waals surface area contributed by atoms with Gasteiger partial charge in [-0.1, -0.05) is 15.9 Å². The van der Waals surface area contributed by atoms with Crippen LogP contribution in [0.3, 0.4) is 0 Å². The van der Waals surface area contributed by atoms with Crippen LogP contribution in [-0.4, -0.2) is 10.1 Å². The summed E-state index contributed by atoms with van der Waals surface area (Å²) in [4.78, 5) is 4.00. The molecule has 16 heavy (non-hydrogen) atoms. The van der Waals surface area contributed by atoms with Crippen LogP contribution in [0.2, 0.25) is 0 Å². The summed E-state index contributed by atoms with van der Waals surface area (Å²) in [5.41, 5.74) is 0.483. The van der Waals surface area contributed by atoms with Crippen molar-refractivity contribution in [3.63, 3.8) is 0 Å². The molecule has 1 atom stereocenters. The maximum Gasteiger partial charge on any atom is 0.126 e. The number of aromatic nitrogens is 1. The summed E-state index contributed by atoms with van der Waals surface area (Å²) in [7, 11) is 0. The van der Waals surface area contributed by atoms with Crippen molar-refractivity contribution in [3.05, 3.63) is 50.6 Å². The molecule has 0 saturated heterocycles. The molecule has 0 fully saturated rings. The Kier molecular flexibility index (Phi) is 3.68. The quantitative estimate of drug-likeness (QED) is 0.943. The van der Waals surface area contributed by atoms with Gasteiger partial charge in [0, 0.05) is 22.5 Å². The molecule has 0 spiro atoms. The molecule has 0 aliphatic rings. The van der Waals surface area contributed by atoms with Gasteiger partial charge in [-0.05, 0) is 23.8 Å². The molecule has 2 aromatic rings. The fourth-order valence-electron chi connectivity index (χ4n) is 1.39. The molecular weight excluding hydrogens is 293 g/mol. The predicted molar refractivity (Wildman–Crippen MR) is 64.9 cm³/mol. The minimum absolute atomic E-state index is 0.235. The van der Waals surface area contributed by atoms with Gasteiger partial charge in [-0.25, -0.2) is 9.37 Å². The van der Waals surface area contributed by atoms with Gasteiger partial charge in [-0.2, -0.15) is 0 Å². The van der Waals surface area contributed by atoms with E-state index >= 15 is 0 Å². The number of nitrogens with zero attached hydrogens (tertiary/aromatic N) is 1. The highest BCUT2D eigenvalue weighted by Crippen LogP contribution is 2.23. The first-order chi connectivity index (χ1) is 7.66. The molecule has 1 aromatic heterocycles. The third kappa shape index (κ3) is 2.66. The monoisotopic (exact) mass is 301 g/mol. The molecule has 0 saturated carbocycles. The predicted octanol–water partition coefficient (Wildman–Crippen LogP) is 3.32. The van der Waals surface area contributed by atoms with Gasteiger partial charge in [0.2, 0.25) is 0 Å². The lowest BCUT2D eigenvalue weighted by Crippen LogP contribution is -2.03. The Morgan fingerprint density at radius 1 is 1.50 bits per heavy atom. The van der Waals surface area contributed by atoms with Gasteiger partial charge >= 0.3 is 0 Å². The van der Waals surface area contributed by atoms with Gasteiger partial charge in [0.1, 0.15) is 16.9 Å². The molecule has 1 N–H and O–H groups in total. The fraction of sp³-hybridized carbons (Fsp3) is 0.182. The van der Waals surface area contributed by atoms with Crippen molar-refractivity contribution in [2.45, 2.75) is 12.5 Å². The molecule has 1 unspecified atom stereocenters. The van der Waals surface area contributed by atoms with Crippen LogP contribution in [-0.2, 0) is 6.42 Å². The molecule has 0 bridgehead atoms. The van der Waals surface area contributed by atoms with Crippen molar-refractivity contribution in [2.75, 3.05) is 0 Å². The second kappa shape index (κ2) is 5.03. The number of benzene rings is 1. The standard InChI is InChI=1S/C11H9BrFNOS/c12-8-1-2-9(13)7(5-8)6-10(15)11-14-3-4-16-11/h1-5,10,15H,6H2. The summed E-state index contributed by atoms with van der Waals surface area (Å²) in [6, 6.07) is 4.69. The third-order valence-corrected chi connectivity index (χ3v) is 3.53. The Labute approximate surface area is 105 Å². The van der Waals surface area contributed by atoms with Crippen molar-refractivity contribution in [3.8, 4) is 0 Å². The largest absolute Gasteiger partial charge is 0.386 e. The average molecular weight is 302 g/mol. The van der Waals surface area contributed by atoms with Gasteiger partial charge in [-0.3, -0.25) is 0 Å². The molecule has 0 aliphatic carbocycles. The molecule has 84 valence electrons. The van der Waals surface area contributed by atoms with Gasteiger partial charge in [0.15, 0.2) is 0 Å². The van der Waals surface area contributed by atoms with Crippen molar-refractivity contribution < 1.29 is 9.50 Å². The first kappa shape index (κ1) is 11.7. The summed E-state index contributed by atoms with van der Waals surface area (Å²) >= 11 is 4.64. The molecule has 5 heteroatoms. The molecule has 0 aliphatic heterocycles. The van der Waals surface area contributed by atoms with Gasteiger partial charge in [-0.15, -0.1) is 11.3 Å². The Bertz CT molecular complexity index is 475. The number of rotatable bonds is 3.